The van der Waals surface area contributed by atoms with E-state index in [4.69, 9.17) is 24.0 Å². The van der Waals surface area contributed by atoms with E-state index < -0.39 is 6.23 Å². The van der Waals surface area contributed by atoms with Crippen molar-refractivity contribution in [2.24, 2.45) is 5.10 Å². The average Bonchev–Trinajstić information content (AvgIpc) is 3.29. The van der Waals surface area contributed by atoms with Crippen molar-refractivity contribution < 1.29 is 18.9 Å². The molecule has 0 radical (unpaired) electrons. The number of fused-ring (bicyclic) bond motifs is 3. The first-order valence-electron chi connectivity index (χ1n) is 10.2. The monoisotopic (exact) mass is 416 g/mol. The van der Waals surface area contributed by atoms with Crippen LogP contribution in [0.25, 0.3) is 0 Å². The Kier molecular flexibility index (Phi) is 4.90. The molecule has 0 amide bonds. The highest BCUT2D eigenvalue weighted by molar-refractivity contribution is 6.02. The van der Waals surface area contributed by atoms with Crippen LogP contribution >= 0.6 is 0 Å². The van der Waals surface area contributed by atoms with Gasteiger partial charge in [-0.3, -0.25) is 0 Å². The SMILES string of the molecule is COc1cccc(C2=NN3[C@H](C2)c2cccc(OC)c2O[C@H]3c2cccc(OC)c2)c1. The van der Waals surface area contributed by atoms with Crippen molar-refractivity contribution in [3.8, 4) is 23.0 Å². The highest BCUT2D eigenvalue weighted by Crippen LogP contribution is 2.50. The van der Waals surface area contributed by atoms with E-state index >= 15 is 0 Å². The summed E-state index contributed by atoms with van der Waals surface area (Å²) in [6.07, 6.45) is 0.365. The summed E-state index contributed by atoms with van der Waals surface area (Å²) in [4.78, 5) is 0. The van der Waals surface area contributed by atoms with Gasteiger partial charge in [-0.1, -0.05) is 36.4 Å². The summed E-state index contributed by atoms with van der Waals surface area (Å²) < 4.78 is 23.0. The summed E-state index contributed by atoms with van der Waals surface area (Å²) >= 11 is 0. The molecule has 0 aromatic heterocycles. The van der Waals surface area contributed by atoms with Crippen LogP contribution in [-0.2, 0) is 0 Å². The molecule has 2 aliphatic heterocycles. The Hall–Kier alpha value is -3.67. The lowest BCUT2D eigenvalue weighted by molar-refractivity contribution is -0.0210. The van der Waals surface area contributed by atoms with Gasteiger partial charge in [-0.15, -0.1) is 0 Å². The van der Waals surface area contributed by atoms with Crippen molar-refractivity contribution in [2.75, 3.05) is 21.3 Å². The molecule has 3 aromatic carbocycles. The molecule has 3 aromatic rings. The van der Waals surface area contributed by atoms with Gasteiger partial charge in [0, 0.05) is 23.1 Å². The molecule has 2 heterocycles. The fraction of sp³-hybridized carbons (Fsp3) is 0.240. The smallest absolute Gasteiger partial charge is 0.214 e. The maximum Gasteiger partial charge on any atom is 0.214 e. The van der Waals surface area contributed by atoms with Gasteiger partial charge >= 0.3 is 0 Å². The summed E-state index contributed by atoms with van der Waals surface area (Å²) in [5.41, 5.74) is 4.08. The molecule has 0 spiro atoms. The number of hydrazone groups is 1. The van der Waals surface area contributed by atoms with Crippen LogP contribution in [0.5, 0.6) is 23.0 Å². The number of benzene rings is 3. The molecule has 0 N–H and O–H groups in total. The van der Waals surface area contributed by atoms with E-state index in [0.717, 1.165) is 51.8 Å². The van der Waals surface area contributed by atoms with Crippen molar-refractivity contribution >= 4 is 5.71 Å². The van der Waals surface area contributed by atoms with Crippen LogP contribution in [0.15, 0.2) is 71.8 Å². The molecule has 6 nitrogen and oxygen atoms in total. The van der Waals surface area contributed by atoms with Gasteiger partial charge in [0.05, 0.1) is 33.1 Å². The lowest BCUT2D eigenvalue weighted by Crippen LogP contribution is -2.33. The summed E-state index contributed by atoms with van der Waals surface area (Å²) in [6.45, 7) is 0. The first-order valence-corrected chi connectivity index (χ1v) is 10.2. The molecule has 31 heavy (non-hydrogen) atoms. The van der Waals surface area contributed by atoms with Crippen molar-refractivity contribution in [1.29, 1.82) is 0 Å². The molecule has 6 heteroatoms. The second-order valence-electron chi connectivity index (χ2n) is 7.50. The lowest BCUT2D eigenvalue weighted by Gasteiger charge is -2.38. The van der Waals surface area contributed by atoms with Gasteiger partial charge in [0.1, 0.15) is 11.5 Å². The molecule has 0 aliphatic carbocycles. The number of rotatable bonds is 5. The fourth-order valence-corrected chi connectivity index (χ4v) is 4.24. The summed E-state index contributed by atoms with van der Waals surface area (Å²) in [6, 6.07) is 22.0. The van der Waals surface area contributed by atoms with Crippen LogP contribution < -0.4 is 18.9 Å². The Morgan fingerprint density at radius 3 is 2.39 bits per heavy atom. The van der Waals surface area contributed by atoms with Crippen LogP contribution in [0, 0.1) is 0 Å². The maximum absolute atomic E-state index is 6.50. The number of hydrogen-bond donors (Lipinski definition) is 0. The molecule has 0 unspecified atom stereocenters. The molecule has 5 rings (SSSR count). The van der Waals surface area contributed by atoms with Gasteiger partial charge in [-0.05, 0) is 30.3 Å². The molecule has 0 fully saturated rings. The Morgan fingerprint density at radius 1 is 0.871 bits per heavy atom. The summed E-state index contributed by atoms with van der Waals surface area (Å²) in [5, 5.41) is 7.06. The number of nitrogens with zero attached hydrogens (tertiary/aromatic N) is 2. The molecule has 2 aliphatic rings. The van der Waals surface area contributed by atoms with Gasteiger partial charge < -0.3 is 18.9 Å². The van der Waals surface area contributed by atoms with Crippen molar-refractivity contribution in [2.45, 2.75) is 18.7 Å². The molecule has 2 atom stereocenters. The van der Waals surface area contributed by atoms with Crippen LogP contribution in [0.3, 0.4) is 0 Å². The van der Waals surface area contributed by atoms with Crippen molar-refractivity contribution in [1.82, 2.24) is 5.01 Å². The highest BCUT2D eigenvalue weighted by atomic mass is 16.5. The number of para-hydroxylation sites is 1. The zero-order chi connectivity index (χ0) is 21.4. The molecule has 158 valence electrons. The fourth-order valence-electron chi connectivity index (χ4n) is 4.24. The first-order chi connectivity index (χ1) is 15.2. The quantitative estimate of drug-likeness (QED) is 0.589. The predicted molar refractivity (Wildman–Crippen MR) is 118 cm³/mol. The standard InChI is InChI=1S/C25H24N2O4/c1-28-18-9-4-7-16(13-18)21-15-22-20-11-6-12-23(30-3)24(20)31-25(27(22)26-21)17-8-5-10-19(14-17)29-2/h4-14,22,25H,15H2,1-3H3/t22-,25+/m1/s1. The van der Waals surface area contributed by atoms with Gasteiger partial charge in [0.15, 0.2) is 11.5 Å². The van der Waals surface area contributed by atoms with Gasteiger partial charge in [0.25, 0.3) is 0 Å². The van der Waals surface area contributed by atoms with Crippen LogP contribution in [0.2, 0.25) is 0 Å². The minimum Gasteiger partial charge on any atom is -0.497 e. The van der Waals surface area contributed by atoms with E-state index in [1.54, 1.807) is 21.3 Å². The summed E-state index contributed by atoms with van der Waals surface area (Å²) in [5.74, 6) is 3.08. The van der Waals surface area contributed by atoms with Crippen LogP contribution in [-0.4, -0.2) is 32.0 Å². The third kappa shape index (κ3) is 3.34. The van der Waals surface area contributed by atoms with E-state index in [-0.39, 0.29) is 6.04 Å². The zero-order valence-electron chi connectivity index (χ0n) is 17.7. The molecular weight excluding hydrogens is 392 g/mol. The van der Waals surface area contributed by atoms with E-state index in [9.17, 15) is 0 Å². The Bertz CT molecular complexity index is 1140. The van der Waals surface area contributed by atoms with Crippen molar-refractivity contribution in [3.63, 3.8) is 0 Å². The molecule has 0 saturated heterocycles. The second kappa shape index (κ2) is 7.87. The van der Waals surface area contributed by atoms with E-state index in [0.29, 0.717) is 0 Å². The largest absolute Gasteiger partial charge is 0.497 e. The van der Waals surface area contributed by atoms with E-state index in [1.165, 1.54) is 0 Å². The first kappa shape index (κ1) is 19.3. The van der Waals surface area contributed by atoms with Crippen LogP contribution in [0.4, 0.5) is 0 Å². The van der Waals surface area contributed by atoms with Crippen molar-refractivity contribution in [3.05, 3.63) is 83.4 Å². The Balaban J connectivity index is 1.61. The topological polar surface area (TPSA) is 52.5 Å². The van der Waals surface area contributed by atoms with Crippen LogP contribution in [0.1, 0.15) is 35.4 Å². The maximum atomic E-state index is 6.50. The van der Waals surface area contributed by atoms with E-state index in [2.05, 4.69) is 12.1 Å². The van der Waals surface area contributed by atoms with E-state index in [1.807, 2.05) is 59.6 Å². The third-order valence-corrected chi connectivity index (χ3v) is 5.78. The lowest BCUT2D eigenvalue weighted by atomic mass is 9.95. The normalized spacial score (nSPS) is 19.1. The Labute approximate surface area is 181 Å². The molecular formula is C25H24N2O4. The molecule has 0 bridgehead atoms. The third-order valence-electron chi connectivity index (χ3n) is 5.78. The zero-order valence-corrected chi connectivity index (χ0v) is 17.7. The van der Waals surface area contributed by atoms with Gasteiger partial charge in [-0.2, -0.15) is 5.10 Å². The second-order valence-corrected chi connectivity index (χ2v) is 7.50. The highest BCUT2D eigenvalue weighted by Gasteiger charge is 2.42. The number of hydrogen-bond acceptors (Lipinski definition) is 6. The van der Waals surface area contributed by atoms with Gasteiger partial charge in [-0.25, -0.2) is 5.01 Å². The minimum absolute atomic E-state index is 0.0382. The summed E-state index contributed by atoms with van der Waals surface area (Å²) in [7, 11) is 5.00. The number of ether oxygens (including phenoxy) is 4. The van der Waals surface area contributed by atoms with Gasteiger partial charge in [0.2, 0.25) is 6.23 Å². The molecule has 0 saturated carbocycles. The Morgan fingerprint density at radius 2 is 1.61 bits per heavy atom. The number of methoxy groups -OCH3 is 3. The average molecular weight is 416 g/mol. The predicted octanol–water partition coefficient (Wildman–Crippen LogP) is 4.95. The minimum atomic E-state index is -0.396.